The summed E-state index contributed by atoms with van der Waals surface area (Å²) in [7, 11) is 1.39. The molecule has 2 bridgehead atoms. The number of urea groups is 1. The Kier molecular flexibility index (Phi) is 5.88. The van der Waals surface area contributed by atoms with Gasteiger partial charge in [-0.15, -0.1) is 0 Å². The van der Waals surface area contributed by atoms with Gasteiger partial charge in [-0.25, -0.2) is 4.79 Å². The Hall–Kier alpha value is -2.70. The average Bonchev–Trinajstić information content (AvgIpc) is 2.66. The van der Waals surface area contributed by atoms with Gasteiger partial charge in [0.15, 0.2) is 0 Å². The average molecular weight is 372 g/mol. The van der Waals surface area contributed by atoms with Crippen molar-refractivity contribution in [3.05, 3.63) is 35.9 Å². The third-order valence-corrected chi connectivity index (χ3v) is 5.42. The SMILES string of the molecule is CNC(=O)NC(=O)[C@H](OC(=O)C1C[C@H]2CCC[C@@H](C1)C2=O)c1ccccc1. The number of ketones is 1. The minimum Gasteiger partial charge on any atom is -0.447 e. The summed E-state index contributed by atoms with van der Waals surface area (Å²) in [6, 6.07) is 7.91. The van der Waals surface area contributed by atoms with Crippen molar-refractivity contribution in [1.29, 1.82) is 0 Å². The van der Waals surface area contributed by atoms with E-state index in [1.54, 1.807) is 30.3 Å². The Morgan fingerprint density at radius 2 is 1.70 bits per heavy atom. The first-order valence-corrected chi connectivity index (χ1v) is 9.31. The molecule has 7 nitrogen and oxygen atoms in total. The molecular weight excluding hydrogens is 348 g/mol. The van der Waals surface area contributed by atoms with Gasteiger partial charge in [0.05, 0.1) is 5.92 Å². The molecule has 0 aliphatic heterocycles. The van der Waals surface area contributed by atoms with E-state index in [2.05, 4.69) is 10.6 Å². The zero-order valence-corrected chi connectivity index (χ0v) is 15.3. The fourth-order valence-corrected chi connectivity index (χ4v) is 4.03. The molecule has 0 radical (unpaired) electrons. The Morgan fingerprint density at radius 3 is 2.30 bits per heavy atom. The summed E-state index contributed by atoms with van der Waals surface area (Å²) < 4.78 is 5.54. The van der Waals surface area contributed by atoms with Crippen molar-refractivity contribution < 1.29 is 23.9 Å². The van der Waals surface area contributed by atoms with Crippen LogP contribution in [-0.4, -0.2) is 30.7 Å². The fraction of sp³-hybridized carbons (Fsp3) is 0.500. The number of fused-ring (bicyclic) bond motifs is 2. The molecule has 1 aromatic carbocycles. The zero-order valence-electron chi connectivity index (χ0n) is 15.3. The van der Waals surface area contributed by atoms with Crippen molar-refractivity contribution in [3.63, 3.8) is 0 Å². The second-order valence-electron chi connectivity index (χ2n) is 7.19. The van der Waals surface area contributed by atoms with Crippen LogP contribution in [0.5, 0.6) is 0 Å². The summed E-state index contributed by atoms with van der Waals surface area (Å²) in [6.07, 6.45) is 2.40. The van der Waals surface area contributed by atoms with Crippen molar-refractivity contribution in [2.24, 2.45) is 17.8 Å². The molecule has 2 saturated carbocycles. The van der Waals surface area contributed by atoms with E-state index < -0.39 is 29.9 Å². The van der Waals surface area contributed by atoms with Gasteiger partial charge in [0, 0.05) is 24.4 Å². The van der Waals surface area contributed by atoms with E-state index in [9.17, 15) is 19.2 Å². The third-order valence-electron chi connectivity index (χ3n) is 5.42. The molecule has 4 atom stereocenters. The van der Waals surface area contributed by atoms with Gasteiger partial charge < -0.3 is 10.1 Å². The molecule has 0 aromatic heterocycles. The van der Waals surface area contributed by atoms with Crippen molar-refractivity contribution in [2.45, 2.75) is 38.2 Å². The number of benzene rings is 1. The summed E-state index contributed by atoms with van der Waals surface area (Å²) in [4.78, 5) is 49.0. The number of Topliss-reactive ketones (excluding diaryl/α,β-unsaturated/α-hetero) is 1. The van der Waals surface area contributed by atoms with Crippen LogP contribution in [0.4, 0.5) is 4.79 Å². The predicted octanol–water partition coefficient (Wildman–Crippen LogP) is 2.12. The number of esters is 1. The normalized spacial score (nSPS) is 25.2. The highest BCUT2D eigenvalue weighted by Gasteiger charge is 2.42. The number of carbonyl (C=O) groups excluding carboxylic acids is 4. The van der Waals surface area contributed by atoms with Crippen LogP contribution in [0.3, 0.4) is 0 Å². The number of rotatable bonds is 4. The molecule has 27 heavy (non-hydrogen) atoms. The molecular formula is C20H24N2O5. The Labute approximate surface area is 157 Å². The van der Waals surface area contributed by atoms with Crippen LogP contribution in [0.25, 0.3) is 0 Å². The highest BCUT2D eigenvalue weighted by Crippen LogP contribution is 2.41. The number of hydrogen-bond donors (Lipinski definition) is 2. The van der Waals surface area contributed by atoms with Crippen molar-refractivity contribution in [2.75, 3.05) is 7.05 Å². The van der Waals surface area contributed by atoms with E-state index in [-0.39, 0.29) is 17.6 Å². The van der Waals surface area contributed by atoms with E-state index in [0.29, 0.717) is 18.4 Å². The van der Waals surface area contributed by atoms with Gasteiger partial charge in [-0.1, -0.05) is 36.8 Å². The summed E-state index contributed by atoms with van der Waals surface area (Å²) in [5.74, 6) is -1.48. The van der Waals surface area contributed by atoms with Gasteiger partial charge in [0.2, 0.25) is 6.10 Å². The summed E-state index contributed by atoms with van der Waals surface area (Å²) in [5.41, 5.74) is 0.485. The number of carbonyl (C=O) groups is 4. The maximum atomic E-state index is 12.8. The highest BCUT2D eigenvalue weighted by molar-refractivity contribution is 5.98. The summed E-state index contributed by atoms with van der Waals surface area (Å²) in [6.45, 7) is 0. The lowest BCUT2D eigenvalue weighted by Crippen LogP contribution is -2.43. The maximum Gasteiger partial charge on any atom is 0.321 e. The van der Waals surface area contributed by atoms with E-state index in [4.69, 9.17) is 4.74 Å². The van der Waals surface area contributed by atoms with Crippen molar-refractivity contribution in [3.8, 4) is 0 Å². The Bertz CT molecular complexity index is 717. The first-order valence-electron chi connectivity index (χ1n) is 9.31. The van der Waals surface area contributed by atoms with Gasteiger partial charge in [0.25, 0.3) is 5.91 Å². The van der Waals surface area contributed by atoms with Crippen LogP contribution < -0.4 is 10.6 Å². The number of hydrogen-bond acceptors (Lipinski definition) is 5. The van der Waals surface area contributed by atoms with Crippen molar-refractivity contribution in [1.82, 2.24) is 10.6 Å². The van der Waals surface area contributed by atoms with Crippen LogP contribution >= 0.6 is 0 Å². The molecule has 0 heterocycles. The minimum atomic E-state index is -1.21. The number of imide groups is 1. The monoisotopic (exact) mass is 372 g/mol. The maximum absolute atomic E-state index is 12.8. The van der Waals surface area contributed by atoms with E-state index in [0.717, 1.165) is 19.3 Å². The smallest absolute Gasteiger partial charge is 0.321 e. The quantitative estimate of drug-likeness (QED) is 0.789. The van der Waals surface area contributed by atoms with E-state index in [1.807, 2.05) is 0 Å². The fourth-order valence-electron chi connectivity index (χ4n) is 4.03. The van der Waals surface area contributed by atoms with Crippen LogP contribution in [0, 0.1) is 17.8 Å². The highest BCUT2D eigenvalue weighted by atomic mass is 16.5. The van der Waals surface area contributed by atoms with Gasteiger partial charge in [-0.05, 0) is 25.7 Å². The Balaban J connectivity index is 1.73. The number of amides is 3. The van der Waals surface area contributed by atoms with Gasteiger partial charge in [0.1, 0.15) is 5.78 Å². The van der Waals surface area contributed by atoms with Gasteiger partial charge >= 0.3 is 12.0 Å². The summed E-state index contributed by atoms with van der Waals surface area (Å²) in [5, 5.41) is 4.46. The Morgan fingerprint density at radius 1 is 1.07 bits per heavy atom. The molecule has 2 aliphatic rings. The molecule has 144 valence electrons. The molecule has 0 saturated heterocycles. The molecule has 3 amide bonds. The van der Waals surface area contributed by atoms with E-state index in [1.165, 1.54) is 7.05 Å². The minimum absolute atomic E-state index is 0.0788. The molecule has 7 heteroatoms. The lowest BCUT2D eigenvalue weighted by Gasteiger charge is -2.36. The van der Waals surface area contributed by atoms with Crippen LogP contribution in [0.2, 0.25) is 0 Å². The molecule has 2 N–H and O–H groups in total. The van der Waals surface area contributed by atoms with Crippen LogP contribution in [0.15, 0.2) is 30.3 Å². The van der Waals surface area contributed by atoms with Crippen molar-refractivity contribution >= 4 is 23.7 Å². The van der Waals surface area contributed by atoms with Gasteiger partial charge in [-0.2, -0.15) is 0 Å². The predicted molar refractivity (Wildman–Crippen MR) is 96.4 cm³/mol. The first kappa shape index (κ1) is 19.1. The second-order valence-corrected chi connectivity index (χ2v) is 7.19. The number of nitrogens with one attached hydrogen (secondary N) is 2. The number of ether oxygens (including phenoxy) is 1. The second kappa shape index (κ2) is 8.33. The standard InChI is InChI=1S/C20H24N2O5/c1-21-20(26)22-18(24)17(12-6-3-2-4-7-12)27-19(25)15-10-13-8-5-9-14(11-15)16(13)23/h2-4,6-7,13-15,17H,5,8-11H2,1H3,(H2,21,22,24,26)/t13-,14+,15?,17-/m1/s1. The molecule has 1 aromatic rings. The molecule has 0 spiro atoms. The van der Waals surface area contributed by atoms with Gasteiger partial charge in [-0.3, -0.25) is 19.7 Å². The van der Waals surface area contributed by atoms with E-state index >= 15 is 0 Å². The molecule has 2 fully saturated rings. The lowest BCUT2D eigenvalue weighted by atomic mass is 9.67. The molecule has 3 rings (SSSR count). The molecule has 2 aliphatic carbocycles. The molecule has 1 unspecified atom stereocenters. The topological polar surface area (TPSA) is 102 Å². The summed E-state index contributed by atoms with van der Waals surface area (Å²) >= 11 is 0. The zero-order chi connectivity index (χ0) is 19.4. The van der Waals surface area contributed by atoms with Crippen LogP contribution in [-0.2, 0) is 19.1 Å². The van der Waals surface area contributed by atoms with Crippen LogP contribution in [0.1, 0.15) is 43.8 Å². The lowest BCUT2D eigenvalue weighted by molar-refractivity contribution is -0.163. The third kappa shape index (κ3) is 4.35. The largest absolute Gasteiger partial charge is 0.447 e. The first-order chi connectivity index (χ1) is 13.0.